The number of ether oxygens (including phenoxy) is 4. The zero-order valence-corrected chi connectivity index (χ0v) is 21.8. The average Bonchev–Trinajstić information content (AvgIpc) is 3.13. The van der Waals surface area contributed by atoms with E-state index in [9.17, 15) is 0 Å². The number of methoxy groups -OCH3 is 1. The molecule has 0 bridgehead atoms. The number of guanidine groups is 1. The molecule has 0 aliphatic carbocycles. The van der Waals surface area contributed by atoms with Gasteiger partial charge in [-0.05, 0) is 44.0 Å². The normalized spacial score (nSPS) is 18.7. The van der Waals surface area contributed by atoms with Gasteiger partial charge in [-0.1, -0.05) is 6.92 Å². The first-order valence-electron chi connectivity index (χ1n) is 11.5. The van der Waals surface area contributed by atoms with E-state index in [1.54, 1.807) is 7.11 Å². The molecule has 9 heteroatoms. The van der Waals surface area contributed by atoms with Crippen molar-refractivity contribution in [1.82, 2.24) is 10.2 Å². The molecule has 2 heterocycles. The largest absolute Gasteiger partial charge is 0.490 e. The van der Waals surface area contributed by atoms with Crippen molar-refractivity contribution >= 4 is 35.6 Å². The Balaban J connectivity index is 0.00000363. The van der Waals surface area contributed by atoms with Crippen molar-refractivity contribution in [2.45, 2.75) is 26.2 Å². The van der Waals surface area contributed by atoms with Crippen molar-refractivity contribution in [2.75, 3.05) is 78.2 Å². The zero-order chi connectivity index (χ0) is 21.7. The molecule has 0 radical (unpaired) electrons. The van der Waals surface area contributed by atoms with Gasteiger partial charge in [0.15, 0.2) is 17.5 Å². The van der Waals surface area contributed by atoms with E-state index in [-0.39, 0.29) is 24.0 Å². The average molecular weight is 562 g/mol. The molecule has 182 valence electrons. The van der Waals surface area contributed by atoms with Crippen LogP contribution in [0.15, 0.2) is 23.2 Å². The highest BCUT2D eigenvalue weighted by Crippen LogP contribution is 2.32. The Kier molecular flexibility index (Phi) is 13.1. The highest BCUT2D eigenvalue weighted by Gasteiger charge is 2.21. The van der Waals surface area contributed by atoms with E-state index < -0.39 is 0 Å². The van der Waals surface area contributed by atoms with Crippen molar-refractivity contribution in [1.29, 1.82) is 0 Å². The van der Waals surface area contributed by atoms with Gasteiger partial charge in [0.1, 0.15) is 0 Å². The standard InChI is InChI=1S/C23H38N4O4.HI/c1-3-27-10-8-19(18-27)17-25-23(24-9-4-11-29-15-14-28-2)26-20-6-7-21-22(16-20)31-13-5-12-30-21;/h6-7,16,19H,3-5,8-15,17-18H2,1-2H3,(H2,24,25,26);1H. The van der Waals surface area contributed by atoms with Gasteiger partial charge in [0.2, 0.25) is 0 Å². The molecule has 1 atom stereocenters. The first kappa shape index (κ1) is 26.9. The van der Waals surface area contributed by atoms with Crippen molar-refractivity contribution in [2.24, 2.45) is 10.9 Å². The van der Waals surface area contributed by atoms with Crippen LogP contribution in [-0.4, -0.2) is 83.7 Å². The second-order valence-corrected chi connectivity index (χ2v) is 7.96. The fourth-order valence-electron chi connectivity index (χ4n) is 3.71. The Morgan fingerprint density at radius 3 is 2.81 bits per heavy atom. The maximum absolute atomic E-state index is 5.82. The van der Waals surface area contributed by atoms with E-state index in [0.717, 1.165) is 62.2 Å². The quantitative estimate of drug-likeness (QED) is 0.186. The number of aliphatic imine (C=N–C) groups is 1. The number of fused-ring (bicyclic) bond motifs is 1. The topological polar surface area (TPSA) is 76.6 Å². The smallest absolute Gasteiger partial charge is 0.195 e. The van der Waals surface area contributed by atoms with Gasteiger partial charge < -0.3 is 34.5 Å². The van der Waals surface area contributed by atoms with E-state index in [1.165, 1.54) is 13.0 Å². The molecule has 2 aliphatic rings. The number of hydrogen-bond acceptors (Lipinski definition) is 6. The van der Waals surface area contributed by atoms with Gasteiger partial charge in [-0.2, -0.15) is 0 Å². The van der Waals surface area contributed by atoms with E-state index in [1.807, 2.05) is 18.2 Å². The Bertz CT molecular complexity index is 692. The summed E-state index contributed by atoms with van der Waals surface area (Å²) in [5.41, 5.74) is 0.938. The first-order chi connectivity index (χ1) is 15.3. The molecule has 0 saturated carbocycles. The van der Waals surface area contributed by atoms with E-state index >= 15 is 0 Å². The fraction of sp³-hybridized carbons (Fsp3) is 0.696. The van der Waals surface area contributed by atoms with Crippen LogP contribution in [0, 0.1) is 5.92 Å². The van der Waals surface area contributed by atoms with E-state index in [4.69, 9.17) is 23.9 Å². The molecule has 2 aliphatic heterocycles. The lowest BCUT2D eigenvalue weighted by atomic mass is 10.1. The Labute approximate surface area is 209 Å². The van der Waals surface area contributed by atoms with Gasteiger partial charge in [0.25, 0.3) is 0 Å². The maximum atomic E-state index is 5.82. The molecule has 1 unspecified atom stereocenters. The summed E-state index contributed by atoms with van der Waals surface area (Å²) < 4.78 is 22.1. The molecular formula is C23H39IN4O4. The van der Waals surface area contributed by atoms with Gasteiger partial charge >= 0.3 is 0 Å². The van der Waals surface area contributed by atoms with Crippen molar-refractivity contribution in [3.05, 3.63) is 18.2 Å². The Hall–Kier alpha value is -1.30. The summed E-state index contributed by atoms with van der Waals surface area (Å²) in [5, 5.41) is 6.88. The highest BCUT2D eigenvalue weighted by atomic mass is 127. The van der Waals surface area contributed by atoms with Crippen LogP contribution in [-0.2, 0) is 9.47 Å². The Morgan fingerprint density at radius 1 is 1.19 bits per heavy atom. The lowest BCUT2D eigenvalue weighted by Gasteiger charge is -2.16. The molecular weight excluding hydrogens is 523 g/mol. The highest BCUT2D eigenvalue weighted by molar-refractivity contribution is 14.0. The molecule has 1 aromatic carbocycles. The number of anilines is 1. The molecule has 32 heavy (non-hydrogen) atoms. The van der Waals surface area contributed by atoms with Crippen LogP contribution >= 0.6 is 24.0 Å². The van der Waals surface area contributed by atoms with Crippen LogP contribution in [0.5, 0.6) is 11.5 Å². The molecule has 0 aromatic heterocycles. The van der Waals surface area contributed by atoms with Gasteiger partial charge in [-0.25, -0.2) is 0 Å². The molecule has 1 saturated heterocycles. The van der Waals surface area contributed by atoms with Gasteiger partial charge in [-0.3, -0.25) is 4.99 Å². The van der Waals surface area contributed by atoms with Crippen molar-refractivity contribution < 1.29 is 18.9 Å². The van der Waals surface area contributed by atoms with E-state index in [2.05, 4.69) is 22.5 Å². The summed E-state index contributed by atoms with van der Waals surface area (Å²) in [6, 6.07) is 5.95. The maximum Gasteiger partial charge on any atom is 0.195 e. The number of likely N-dealkylation sites (tertiary alicyclic amines) is 1. The number of hydrogen-bond donors (Lipinski definition) is 2. The fourth-order valence-corrected chi connectivity index (χ4v) is 3.71. The third-order valence-corrected chi connectivity index (χ3v) is 5.52. The van der Waals surface area contributed by atoms with Crippen LogP contribution in [0.3, 0.4) is 0 Å². The monoisotopic (exact) mass is 562 g/mol. The van der Waals surface area contributed by atoms with Crippen molar-refractivity contribution in [3.63, 3.8) is 0 Å². The van der Waals surface area contributed by atoms with E-state index in [0.29, 0.717) is 39.0 Å². The summed E-state index contributed by atoms with van der Waals surface area (Å²) >= 11 is 0. The van der Waals surface area contributed by atoms with Gasteiger partial charge in [0.05, 0.1) is 26.4 Å². The summed E-state index contributed by atoms with van der Waals surface area (Å²) in [6.45, 7) is 10.6. The summed E-state index contributed by atoms with van der Waals surface area (Å²) in [6.07, 6.45) is 3.01. The Morgan fingerprint density at radius 2 is 2.03 bits per heavy atom. The van der Waals surface area contributed by atoms with Crippen LogP contribution in [0.1, 0.15) is 26.2 Å². The van der Waals surface area contributed by atoms with Crippen molar-refractivity contribution in [3.8, 4) is 11.5 Å². The minimum Gasteiger partial charge on any atom is -0.490 e. The lowest BCUT2D eigenvalue weighted by molar-refractivity contribution is 0.0699. The molecule has 1 aromatic rings. The minimum absolute atomic E-state index is 0. The summed E-state index contributed by atoms with van der Waals surface area (Å²) in [5.74, 6) is 2.98. The van der Waals surface area contributed by atoms with Crippen LogP contribution in [0.25, 0.3) is 0 Å². The lowest BCUT2D eigenvalue weighted by Crippen LogP contribution is -2.33. The second-order valence-electron chi connectivity index (χ2n) is 7.96. The number of nitrogens with one attached hydrogen (secondary N) is 2. The first-order valence-corrected chi connectivity index (χ1v) is 11.5. The minimum atomic E-state index is 0. The third-order valence-electron chi connectivity index (χ3n) is 5.52. The molecule has 1 fully saturated rings. The number of rotatable bonds is 11. The summed E-state index contributed by atoms with van der Waals surface area (Å²) in [4.78, 5) is 7.37. The van der Waals surface area contributed by atoms with Gasteiger partial charge in [-0.15, -0.1) is 24.0 Å². The predicted octanol–water partition coefficient (Wildman–Crippen LogP) is 3.22. The van der Waals surface area contributed by atoms with Crippen LogP contribution in [0.4, 0.5) is 5.69 Å². The predicted molar refractivity (Wildman–Crippen MR) is 139 cm³/mol. The molecule has 3 rings (SSSR count). The zero-order valence-electron chi connectivity index (χ0n) is 19.4. The number of halogens is 1. The third kappa shape index (κ3) is 9.29. The number of nitrogens with zero attached hydrogens (tertiary/aromatic N) is 2. The second kappa shape index (κ2) is 15.5. The van der Waals surface area contributed by atoms with Crippen LogP contribution < -0.4 is 20.1 Å². The summed E-state index contributed by atoms with van der Waals surface area (Å²) in [7, 11) is 1.68. The van der Waals surface area contributed by atoms with Gasteiger partial charge in [0, 0.05) is 51.5 Å². The molecule has 0 spiro atoms. The molecule has 0 amide bonds. The molecule has 8 nitrogen and oxygen atoms in total. The SMILES string of the molecule is CCN1CCC(CN=C(NCCCOCCOC)Nc2ccc3c(c2)OCCCO3)C1.I. The number of benzene rings is 1. The molecule has 2 N–H and O–H groups in total. The van der Waals surface area contributed by atoms with Crippen LogP contribution in [0.2, 0.25) is 0 Å².